The maximum atomic E-state index is 12.0. The van der Waals surface area contributed by atoms with Gasteiger partial charge >= 0.3 is 5.95 Å². The number of anilines is 1. The molecule has 120 valence electrons. The van der Waals surface area contributed by atoms with E-state index in [2.05, 4.69) is 40.0 Å². The minimum absolute atomic E-state index is 0.0827. The van der Waals surface area contributed by atoms with Gasteiger partial charge in [0, 0.05) is 0 Å². The number of para-hydroxylation sites is 2. The van der Waals surface area contributed by atoms with Gasteiger partial charge in [-0.15, -0.1) is 5.75 Å². The summed E-state index contributed by atoms with van der Waals surface area (Å²) in [5.74, 6) is 1.04. The van der Waals surface area contributed by atoms with Crippen molar-refractivity contribution >= 4 is 17.0 Å². The summed E-state index contributed by atoms with van der Waals surface area (Å²) in [5, 5.41) is 15.4. The third-order valence-corrected chi connectivity index (χ3v) is 4.12. The average Bonchev–Trinajstić information content (AvgIpc) is 2.91. The summed E-state index contributed by atoms with van der Waals surface area (Å²) in [6, 6.07) is 13.7. The average molecular weight is 309 g/mol. The SMILES string of the molecule is CCCC[n+]1c(NCc2cc(C)ccc2[O-])[nH]c2ccccc21. The van der Waals surface area contributed by atoms with E-state index in [1.165, 1.54) is 5.52 Å². The van der Waals surface area contributed by atoms with E-state index in [1.54, 1.807) is 6.07 Å². The molecule has 2 aromatic carbocycles. The summed E-state index contributed by atoms with van der Waals surface area (Å²) in [4.78, 5) is 3.43. The number of fused-ring (bicyclic) bond motifs is 1. The lowest BCUT2D eigenvalue weighted by Gasteiger charge is -2.13. The van der Waals surface area contributed by atoms with Crippen molar-refractivity contribution in [1.82, 2.24) is 4.98 Å². The molecule has 4 nitrogen and oxygen atoms in total. The lowest BCUT2D eigenvalue weighted by atomic mass is 10.1. The zero-order valence-corrected chi connectivity index (χ0v) is 13.7. The first kappa shape index (κ1) is 15.4. The van der Waals surface area contributed by atoms with E-state index < -0.39 is 0 Å². The maximum Gasteiger partial charge on any atom is 0.356 e. The molecule has 0 fully saturated rings. The number of H-pyrrole nitrogens is 1. The Labute approximate surface area is 136 Å². The molecule has 3 aromatic rings. The van der Waals surface area contributed by atoms with Crippen molar-refractivity contribution in [3.8, 4) is 5.75 Å². The number of aryl methyl sites for hydroxylation is 2. The summed E-state index contributed by atoms with van der Waals surface area (Å²) in [6.07, 6.45) is 2.27. The van der Waals surface area contributed by atoms with Crippen LogP contribution >= 0.6 is 0 Å². The van der Waals surface area contributed by atoms with Crippen LogP contribution in [-0.2, 0) is 13.1 Å². The Kier molecular flexibility index (Phi) is 4.51. The molecule has 0 aliphatic heterocycles. The minimum atomic E-state index is 0.0827. The van der Waals surface area contributed by atoms with Gasteiger partial charge in [0.25, 0.3) is 0 Å². The van der Waals surface area contributed by atoms with Gasteiger partial charge in [0.2, 0.25) is 0 Å². The molecular formula is C19H23N3O. The Morgan fingerprint density at radius 3 is 2.83 bits per heavy atom. The molecule has 0 aliphatic rings. The molecule has 0 amide bonds. The van der Waals surface area contributed by atoms with Crippen molar-refractivity contribution < 1.29 is 9.67 Å². The van der Waals surface area contributed by atoms with Gasteiger partial charge in [0.05, 0.1) is 13.1 Å². The molecule has 3 rings (SSSR count). The van der Waals surface area contributed by atoms with Crippen LogP contribution in [0.1, 0.15) is 30.9 Å². The molecule has 0 saturated carbocycles. The van der Waals surface area contributed by atoms with Crippen molar-refractivity contribution in [3.05, 3.63) is 53.6 Å². The van der Waals surface area contributed by atoms with E-state index >= 15 is 0 Å². The number of benzene rings is 2. The molecule has 23 heavy (non-hydrogen) atoms. The fraction of sp³-hybridized carbons (Fsp3) is 0.316. The Hall–Kier alpha value is -2.49. The third-order valence-electron chi connectivity index (χ3n) is 4.12. The van der Waals surface area contributed by atoms with E-state index in [9.17, 15) is 5.11 Å². The second-order valence-corrected chi connectivity index (χ2v) is 5.96. The van der Waals surface area contributed by atoms with Gasteiger partial charge in [0.15, 0.2) is 0 Å². The molecule has 0 bridgehead atoms. The van der Waals surface area contributed by atoms with Crippen molar-refractivity contribution in [3.63, 3.8) is 0 Å². The Morgan fingerprint density at radius 1 is 1.17 bits per heavy atom. The Morgan fingerprint density at radius 2 is 2.00 bits per heavy atom. The number of unbranched alkanes of at least 4 members (excludes halogenated alkanes) is 1. The first-order valence-corrected chi connectivity index (χ1v) is 8.20. The van der Waals surface area contributed by atoms with Crippen LogP contribution in [0.15, 0.2) is 42.5 Å². The summed E-state index contributed by atoms with van der Waals surface area (Å²) in [7, 11) is 0. The maximum absolute atomic E-state index is 12.0. The molecule has 4 heteroatoms. The van der Waals surface area contributed by atoms with E-state index in [4.69, 9.17) is 0 Å². The number of aromatic nitrogens is 2. The summed E-state index contributed by atoms with van der Waals surface area (Å²) >= 11 is 0. The van der Waals surface area contributed by atoms with Gasteiger partial charge in [0.1, 0.15) is 11.0 Å². The highest BCUT2D eigenvalue weighted by Crippen LogP contribution is 2.18. The van der Waals surface area contributed by atoms with Gasteiger partial charge in [-0.3, -0.25) is 5.32 Å². The number of aromatic amines is 1. The van der Waals surface area contributed by atoms with Crippen LogP contribution in [0, 0.1) is 6.92 Å². The number of hydrogen-bond donors (Lipinski definition) is 2. The zero-order chi connectivity index (χ0) is 16.2. The van der Waals surface area contributed by atoms with Gasteiger partial charge < -0.3 is 5.11 Å². The quantitative estimate of drug-likeness (QED) is 0.687. The largest absolute Gasteiger partial charge is 0.872 e. The summed E-state index contributed by atoms with van der Waals surface area (Å²) in [6.45, 7) is 5.69. The first-order chi connectivity index (χ1) is 11.2. The minimum Gasteiger partial charge on any atom is -0.872 e. The standard InChI is InChI=1S/C19H23N3O/c1-3-4-11-22-17-8-6-5-7-16(17)21-19(22)20-13-15-12-14(2)9-10-18(15)23/h5-10,12H,3-4,11,13H2,1-2H3,(H2,20,21,23). The van der Waals surface area contributed by atoms with Crippen molar-refractivity contribution in [2.75, 3.05) is 5.32 Å². The predicted octanol–water partition coefficient (Wildman–Crippen LogP) is 3.25. The molecule has 0 saturated heterocycles. The fourth-order valence-corrected chi connectivity index (χ4v) is 2.84. The molecule has 0 spiro atoms. The van der Waals surface area contributed by atoms with E-state index in [-0.39, 0.29) is 5.75 Å². The van der Waals surface area contributed by atoms with Crippen LogP contribution in [0.2, 0.25) is 0 Å². The van der Waals surface area contributed by atoms with Gasteiger partial charge in [-0.2, -0.15) is 0 Å². The molecule has 0 aliphatic carbocycles. The smallest absolute Gasteiger partial charge is 0.356 e. The highest BCUT2D eigenvalue weighted by molar-refractivity contribution is 5.72. The zero-order valence-electron chi connectivity index (χ0n) is 13.7. The molecule has 2 N–H and O–H groups in total. The second kappa shape index (κ2) is 6.73. The summed E-state index contributed by atoms with van der Waals surface area (Å²) in [5.41, 5.74) is 4.20. The fourth-order valence-electron chi connectivity index (χ4n) is 2.84. The number of hydrogen-bond acceptors (Lipinski definition) is 2. The normalized spacial score (nSPS) is 11.0. The number of nitrogens with one attached hydrogen (secondary N) is 2. The molecule has 0 radical (unpaired) electrons. The lowest BCUT2D eigenvalue weighted by molar-refractivity contribution is -0.657. The van der Waals surface area contributed by atoms with Gasteiger partial charge in [-0.25, -0.2) is 9.55 Å². The molecule has 1 aromatic heterocycles. The second-order valence-electron chi connectivity index (χ2n) is 5.96. The number of rotatable bonds is 6. The number of nitrogens with zero attached hydrogens (tertiary/aromatic N) is 1. The number of imidazole rings is 1. The van der Waals surface area contributed by atoms with Crippen molar-refractivity contribution in [1.29, 1.82) is 0 Å². The lowest BCUT2D eigenvalue weighted by Crippen LogP contribution is -2.36. The van der Waals surface area contributed by atoms with Crippen LogP contribution in [0.25, 0.3) is 11.0 Å². The van der Waals surface area contributed by atoms with Gasteiger partial charge in [-0.05, 0) is 31.0 Å². The van der Waals surface area contributed by atoms with Gasteiger partial charge in [-0.1, -0.05) is 49.2 Å². The Bertz CT molecular complexity index is 807. The van der Waals surface area contributed by atoms with Crippen LogP contribution in [0.3, 0.4) is 0 Å². The third kappa shape index (κ3) is 3.31. The topological polar surface area (TPSA) is 54.8 Å². The van der Waals surface area contributed by atoms with Crippen molar-refractivity contribution in [2.45, 2.75) is 39.8 Å². The first-order valence-electron chi connectivity index (χ1n) is 8.20. The molecular weight excluding hydrogens is 286 g/mol. The molecule has 1 heterocycles. The van der Waals surface area contributed by atoms with E-state index in [1.807, 2.05) is 25.1 Å². The van der Waals surface area contributed by atoms with Crippen molar-refractivity contribution in [2.24, 2.45) is 0 Å². The van der Waals surface area contributed by atoms with E-state index in [0.717, 1.165) is 42.0 Å². The Balaban J connectivity index is 1.88. The van der Waals surface area contributed by atoms with Crippen LogP contribution < -0.4 is 15.0 Å². The predicted molar refractivity (Wildman–Crippen MR) is 91.4 cm³/mol. The monoisotopic (exact) mass is 309 g/mol. The molecule has 0 atom stereocenters. The van der Waals surface area contributed by atoms with Crippen LogP contribution in [0.4, 0.5) is 5.95 Å². The summed E-state index contributed by atoms with van der Waals surface area (Å²) < 4.78 is 2.26. The molecule has 0 unspecified atom stereocenters. The van der Waals surface area contributed by atoms with E-state index in [0.29, 0.717) is 6.54 Å². The van der Waals surface area contributed by atoms with Crippen LogP contribution in [-0.4, -0.2) is 4.98 Å². The van der Waals surface area contributed by atoms with Crippen LogP contribution in [0.5, 0.6) is 5.75 Å². The highest BCUT2D eigenvalue weighted by Gasteiger charge is 2.16. The highest BCUT2D eigenvalue weighted by atomic mass is 16.3.